The van der Waals surface area contributed by atoms with Crippen molar-refractivity contribution in [3.8, 4) is 0 Å². The largest absolute Gasteiger partial charge is 0.115 e. The Kier molecular flexibility index (Phi) is 5.96. The van der Waals surface area contributed by atoms with Crippen molar-refractivity contribution < 1.29 is 0 Å². The zero-order chi connectivity index (χ0) is 18.1. The van der Waals surface area contributed by atoms with Gasteiger partial charge in [-0.05, 0) is 86.5 Å². The van der Waals surface area contributed by atoms with Gasteiger partial charge in [-0.3, -0.25) is 0 Å². The van der Waals surface area contributed by atoms with Crippen molar-refractivity contribution >= 4 is 13.3 Å². The first kappa shape index (κ1) is 19.2. The summed E-state index contributed by atoms with van der Waals surface area (Å²) >= 11 is 0. The van der Waals surface area contributed by atoms with Crippen molar-refractivity contribution in [2.24, 2.45) is 0 Å². The highest BCUT2D eigenvalue weighted by Crippen LogP contribution is 2.36. The van der Waals surface area contributed by atoms with E-state index in [2.05, 4.69) is 67.2 Å². The second-order valence-electron chi connectivity index (χ2n) is 7.87. The van der Waals surface area contributed by atoms with Crippen LogP contribution in [0.5, 0.6) is 0 Å². The van der Waals surface area contributed by atoms with E-state index in [1.165, 1.54) is 42.0 Å². The molecule has 0 saturated heterocycles. The van der Waals surface area contributed by atoms with Gasteiger partial charge < -0.3 is 0 Å². The highest BCUT2D eigenvalue weighted by atomic mass is 28.3. The van der Waals surface area contributed by atoms with Crippen LogP contribution in [-0.4, -0.2) is 8.07 Å². The Balaban J connectivity index is 2.73. The molecule has 0 saturated carbocycles. The van der Waals surface area contributed by atoms with Gasteiger partial charge in [-0.2, -0.15) is 0 Å². The van der Waals surface area contributed by atoms with Crippen LogP contribution in [0, 0.1) is 34.6 Å². The minimum absolute atomic E-state index is 1.15. The van der Waals surface area contributed by atoms with Gasteiger partial charge in [0, 0.05) is 0 Å². The van der Waals surface area contributed by atoms with Crippen LogP contribution in [0.3, 0.4) is 0 Å². The van der Waals surface area contributed by atoms with Crippen molar-refractivity contribution in [1.29, 1.82) is 0 Å². The molecular weight excluding hydrogens is 304 g/mol. The van der Waals surface area contributed by atoms with E-state index in [9.17, 15) is 0 Å². The number of hydrogen-bond donors (Lipinski definition) is 0. The lowest BCUT2D eigenvalue weighted by Gasteiger charge is -2.36. The fourth-order valence-corrected chi connectivity index (χ4v) is 10.2. The van der Waals surface area contributed by atoms with Crippen LogP contribution in [0.4, 0.5) is 0 Å². The lowest BCUT2D eigenvalue weighted by molar-refractivity contribution is 0.870. The fraction of sp³-hybridized carbons (Fsp3) is 0.565. The summed E-state index contributed by atoms with van der Waals surface area (Å²) in [6.45, 7) is 19.0. The third-order valence-electron chi connectivity index (χ3n) is 6.59. The Morgan fingerprint density at radius 1 is 0.833 bits per heavy atom. The van der Waals surface area contributed by atoms with Crippen LogP contribution in [0.15, 0.2) is 22.9 Å². The van der Waals surface area contributed by atoms with Gasteiger partial charge >= 0.3 is 0 Å². The number of benzene rings is 1. The van der Waals surface area contributed by atoms with Crippen molar-refractivity contribution in [3.05, 3.63) is 50.7 Å². The first-order valence-electron chi connectivity index (χ1n) is 9.77. The quantitative estimate of drug-likeness (QED) is 0.517. The van der Waals surface area contributed by atoms with E-state index in [1.807, 2.05) is 0 Å². The first-order valence-corrected chi connectivity index (χ1v) is 12.5. The molecule has 24 heavy (non-hydrogen) atoms. The maximum absolute atomic E-state index is 2.65. The average molecular weight is 341 g/mol. The van der Waals surface area contributed by atoms with Crippen LogP contribution >= 0.6 is 0 Å². The van der Waals surface area contributed by atoms with Crippen LogP contribution < -0.4 is 5.19 Å². The summed E-state index contributed by atoms with van der Waals surface area (Å²) in [5.41, 5.74) is 9.31. The molecule has 0 heterocycles. The zero-order valence-electron chi connectivity index (χ0n) is 17.2. The molecule has 1 atom stereocenters. The van der Waals surface area contributed by atoms with E-state index in [0.29, 0.717) is 0 Å². The molecule has 0 nitrogen and oxygen atoms in total. The van der Waals surface area contributed by atoms with Gasteiger partial charge in [0.25, 0.3) is 0 Å². The Labute approximate surface area is 151 Å². The van der Waals surface area contributed by atoms with E-state index < -0.39 is 8.07 Å². The predicted molar refractivity (Wildman–Crippen MR) is 112 cm³/mol. The summed E-state index contributed by atoms with van der Waals surface area (Å²) in [6.07, 6.45) is 10.0. The number of rotatable bonds is 6. The molecule has 1 aromatic rings. The molecule has 0 aliphatic heterocycles. The second-order valence-corrected chi connectivity index (χ2v) is 12.1. The maximum atomic E-state index is 2.65. The van der Waals surface area contributed by atoms with Gasteiger partial charge in [0.2, 0.25) is 0 Å². The average Bonchev–Trinajstić information content (AvgIpc) is 3.06. The lowest BCUT2D eigenvalue weighted by Crippen LogP contribution is -2.50. The van der Waals surface area contributed by atoms with Gasteiger partial charge in [0.05, 0.1) is 0 Å². The third-order valence-corrected chi connectivity index (χ3v) is 11.5. The molecule has 1 aliphatic rings. The Hall–Kier alpha value is -1.08. The maximum Gasteiger partial charge on any atom is 0.115 e. The van der Waals surface area contributed by atoms with Crippen molar-refractivity contribution in [1.82, 2.24) is 0 Å². The molecule has 0 aromatic heterocycles. The Morgan fingerprint density at radius 3 is 1.88 bits per heavy atom. The SMILES string of the molecule is CCCC[Si](C)(C1=CCC=C1CC)c1c(C)c(C)c(C)c(C)c1C. The number of allylic oxidation sites excluding steroid dienone is 4. The molecule has 2 rings (SSSR count). The second kappa shape index (κ2) is 7.43. The van der Waals surface area contributed by atoms with E-state index in [-0.39, 0.29) is 0 Å². The summed E-state index contributed by atoms with van der Waals surface area (Å²) in [7, 11) is -1.68. The summed E-state index contributed by atoms with van der Waals surface area (Å²) < 4.78 is 0. The molecule has 1 aliphatic carbocycles. The predicted octanol–water partition coefficient (Wildman–Crippen LogP) is 6.52. The molecule has 0 radical (unpaired) electrons. The molecule has 0 N–H and O–H groups in total. The molecule has 1 aromatic carbocycles. The molecule has 1 heteroatoms. The Morgan fingerprint density at radius 2 is 1.38 bits per heavy atom. The lowest BCUT2D eigenvalue weighted by atomic mass is 9.95. The molecule has 0 amide bonds. The van der Waals surface area contributed by atoms with Gasteiger partial charge in [-0.25, -0.2) is 0 Å². The topological polar surface area (TPSA) is 0 Å². The molecule has 0 bridgehead atoms. The smallest absolute Gasteiger partial charge is 0.0808 e. The normalized spacial score (nSPS) is 16.8. The summed E-state index contributed by atoms with van der Waals surface area (Å²) in [4.78, 5) is 0. The van der Waals surface area contributed by atoms with E-state index in [0.717, 1.165) is 6.42 Å². The van der Waals surface area contributed by atoms with Crippen LogP contribution in [0.1, 0.15) is 67.3 Å². The minimum Gasteiger partial charge on any atom is -0.0808 e. The van der Waals surface area contributed by atoms with Gasteiger partial charge in [-0.1, -0.05) is 56.2 Å². The summed E-state index contributed by atoms with van der Waals surface area (Å²) in [6, 6.07) is 1.39. The van der Waals surface area contributed by atoms with Crippen LogP contribution in [0.25, 0.3) is 0 Å². The standard InChI is InChI=1S/C23H36Si/c1-9-11-15-24(8,22-14-12-13-21(22)10-2)23-19(6)17(4)16(3)18(5)20(23)7/h13-14H,9-12,15H2,1-8H3. The molecule has 1 unspecified atom stereocenters. The van der Waals surface area contributed by atoms with Gasteiger partial charge in [0.1, 0.15) is 8.07 Å². The Bertz CT molecular complexity index is 661. The molecule has 132 valence electrons. The first-order chi connectivity index (χ1) is 11.3. The third kappa shape index (κ3) is 3.08. The van der Waals surface area contributed by atoms with Crippen molar-refractivity contribution in [2.45, 2.75) is 86.7 Å². The summed E-state index contributed by atoms with van der Waals surface area (Å²) in [5, 5.41) is 3.48. The van der Waals surface area contributed by atoms with Crippen LogP contribution in [-0.2, 0) is 0 Å². The van der Waals surface area contributed by atoms with Gasteiger partial charge in [-0.15, -0.1) is 0 Å². The monoisotopic (exact) mass is 340 g/mol. The van der Waals surface area contributed by atoms with Gasteiger partial charge in [0.15, 0.2) is 0 Å². The zero-order valence-corrected chi connectivity index (χ0v) is 18.2. The van der Waals surface area contributed by atoms with Crippen LogP contribution in [0.2, 0.25) is 12.6 Å². The minimum atomic E-state index is -1.68. The van der Waals surface area contributed by atoms with E-state index >= 15 is 0 Å². The highest BCUT2D eigenvalue weighted by Gasteiger charge is 2.38. The molecular formula is C23H36Si. The number of unbranched alkanes of at least 4 members (excludes halogenated alkanes) is 1. The number of hydrogen-bond acceptors (Lipinski definition) is 0. The van der Waals surface area contributed by atoms with E-state index in [1.54, 1.807) is 27.1 Å². The summed E-state index contributed by atoms with van der Waals surface area (Å²) in [5.74, 6) is 0. The van der Waals surface area contributed by atoms with Crippen molar-refractivity contribution in [3.63, 3.8) is 0 Å². The highest BCUT2D eigenvalue weighted by molar-refractivity contribution is 6.98. The van der Waals surface area contributed by atoms with Crippen molar-refractivity contribution in [2.75, 3.05) is 0 Å². The molecule has 0 fully saturated rings. The van der Waals surface area contributed by atoms with E-state index in [4.69, 9.17) is 0 Å². The molecule has 0 spiro atoms. The fourth-order valence-electron chi connectivity index (χ4n) is 4.73.